The van der Waals surface area contributed by atoms with Gasteiger partial charge < -0.3 is 5.32 Å². The van der Waals surface area contributed by atoms with Gasteiger partial charge in [0.15, 0.2) is 0 Å². The van der Waals surface area contributed by atoms with Gasteiger partial charge in [-0.1, -0.05) is 35.9 Å². The molecular weight excluding hydrogens is 334 g/mol. The Morgan fingerprint density at radius 2 is 2.00 bits per heavy atom. The summed E-state index contributed by atoms with van der Waals surface area (Å²) < 4.78 is 0. The largest absolute Gasteiger partial charge is 0.348 e. The lowest BCUT2D eigenvalue weighted by Gasteiger charge is -2.51. The Labute approximate surface area is 161 Å². The minimum atomic E-state index is 0.00510. The van der Waals surface area contributed by atoms with Gasteiger partial charge in [-0.2, -0.15) is 0 Å². The summed E-state index contributed by atoms with van der Waals surface area (Å²) in [6.07, 6.45) is 10.6. The van der Waals surface area contributed by atoms with E-state index in [0.717, 1.165) is 25.1 Å². The van der Waals surface area contributed by atoms with E-state index in [1.54, 1.807) is 6.08 Å². The molecule has 3 fully saturated rings. The fourth-order valence-electron chi connectivity index (χ4n) is 4.44. The van der Waals surface area contributed by atoms with E-state index in [2.05, 4.69) is 40.3 Å². The highest BCUT2D eigenvalue weighted by atomic mass is 16.1. The molecule has 3 aliphatic heterocycles. The quantitative estimate of drug-likeness (QED) is 0.832. The number of nitrogens with one attached hydrogen (secondary N) is 1. The summed E-state index contributed by atoms with van der Waals surface area (Å²) in [7, 11) is 0. The van der Waals surface area contributed by atoms with Crippen LogP contribution >= 0.6 is 0 Å². The van der Waals surface area contributed by atoms with E-state index < -0.39 is 0 Å². The molecule has 140 valence electrons. The van der Waals surface area contributed by atoms with Crippen LogP contribution in [0.15, 0.2) is 54.9 Å². The van der Waals surface area contributed by atoms with Crippen molar-refractivity contribution in [2.75, 3.05) is 13.1 Å². The van der Waals surface area contributed by atoms with Gasteiger partial charge in [0.1, 0.15) is 0 Å². The molecule has 5 rings (SSSR count). The Kier molecular flexibility index (Phi) is 5.35. The molecule has 1 aromatic carbocycles. The van der Waals surface area contributed by atoms with Gasteiger partial charge in [-0.3, -0.25) is 14.7 Å². The number of hydrogen-bond donors (Lipinski definition) is 1. The standard InChI is InChI=1S/C23H27N3O/c1-17-4-6-18(7-5-17)8-9-22(27)25-23-20-10-13-26(14-11-20)21(23)15-19-3-2-12-24-16-19/h2-9,12,16,20-21,23H,10-11,13-15H2,1H3,(H,25,27)/b9-8+. The Balaban J connectivity index is 1.44. The van der Waals surface area contributed by atoms with Crippen LogP contribution in [0.4, 0.5) is 0 Å². The number of aromatic nitrogens is 1. The number of fused-ring (bicyclic) bond motifs is 3. The van der Waals surface area contributed by atoms with Gasteiger partial charge in [0.2, 0.25) is 5.91 Å². The van der Waals surface area contributed by atoms with Crippen molar-refractivity contribution in [1.29, 1.82) is 0 Å². The number of nitrogens with zero attached hydrogens (tertiary/aromatic N) is 2. The summed E-state index contributed by atoms with van der Waals surface area (Å²) in [4.78, 5) is 19.4. The summed E-state index contributed by atoms with van der Waals surface area (Å²) in [5.41, 5.74) is 3.52. The van der Waals surface area contributed by atoms with Crippen LogP contribution in [0.2, 0.25) is 0 Å². The second-order valence-electron chi connectivity index (χ2n) is 7.78. The van der Waals surface area contributed by atoms with Crippen LogP contribution in [0.25, 0.3) is 6.08 Å². The first kappa shape index (κ1) is 17.9. The lowest BCUT2D eigenvalue weighted by Crippen LogP contribution is -2.64. The predicted octanol–water partition coefficient (Wildman–Crippen LogP) is 3.22. The molecule has 4 heterocycles. The van der Waals surface area contributed by atoms with E-state index in [1.165, 1.54) is 24.0 Å². The molecule has 3 aliphatic rings. The van der Waals surface area contributed by atoms with Crippen molar-refractivity contribution in [1.82, 2.24) is 15.2 Å². The molecule has 2 atom stereocenters. The summed E-state index contributed by atoms with van der Waals surface area (Å²) in [6, 6.07) is 12.9. The van der Waals surface area contributed by atoms with E-state index in [0.29, 0.717) is 12.0 Å². The number of amides is 1. The van der Waals surface area contributed by atoms with E-state index >= 15 is 0 Å². The first-order valence-electron chi connectivity index (χ1n) is 9.87. The number of carbonyl (C=O) groups excluding carboxylic acids is 1. The second-order valence-corrected chi connectivity index (χ2v) is 7.78. The van der Waals surface area contributed by atoms with Crippen molar-refractivity contribution in [3.63, 3.8) is 0 Å². The molecule has 1 N–H and O–H groups in total. The number of carbonyl (C=O) groups is 1. The number of benzene rings is 1. The Morgan fingerprint density at radius 3 is 2.70 bits per heavy atom. The summed E-state index contributed by atoms with van der Waals surface area (Å²) in [5.74, 6) is 0.582. The average Bonchev–Trinajstić information content (AvgIpc) is 2.71. The minimum absolute atomic E-state index is 0.00510. The third-order valence-electron chi connectivity index (χ3n) is 5.95. The van der Waals surface area contributed by atoms with Crippen LogP contribution in [0, 0.1) is 12.8 Å². The topological polar surface area (TPSA) is 45.2 Å². The highest BCUT2D eigenvalue weighted by Crippen LogP contribution is 2.33. The molecule has 0 aliphatic carbocycles. The molecule has 4 heteroatoms. The van der Waals surface area contributed by atoms with E-state index in [4.69, 9.17) is 0 Å². The van der Waals surface area contributed by atoms with Crippen LogP contribution < -0.4 is 5.32 Å². The van der Waals surface area contributed by atoms with Crippen LogP contribution in [0.5, 0.6) is 0 Å². The van der Waals surface area contributed by atoms with Crippen molar-refractivity contribution in [2.24, 2.45) is 5.92 Å². The smallest absolute Gasteiger partial charge is 0.244 e. The van der Waals surface area contributed by atoms with Gasteiger partial charge in [0, 0.05) is 30.6 Å². The summed E-state index contributed by atoms with van der Waals surface area (Å²) in [5, 5.41) is 3.31. The van der Waals surface area contributed by atoms with Crippen LogP contribution in [-0.4, -0.2) is 41.0 Å². The van der Waals surface area contributed by atoms with Crippen LogP contribution in [0.3, 0.4) is 0 Å². The number of rotatable bonds is 5. The molecule has 0 radical (unpaired) electrons. The minimum Gasteiger partial charge on any atom is -0.348 e. The van der Waals surface area contributed by atoms with Gasteiger partial charge in [-0.05, 0) is 68.5 Å². The molecule has 1 aromatic heterocycles. The SMILES string of the molecule is Cc1ccc(/C=C/C(=O)NC2C3CCN(CC3)C2Cc2cccnc2)cc1. The Hall–Kier alpha value is -2.46. The van der Waals surface area contributed by atoms with E-state index in [9.17, 15) is 4.79 Å². The van der Waals surface area contributed by atoms with Gasteiger partial charge in [0.05, 0.1) is 0 Å². The van der Waals surface area contributed by atoms with Crippen LogP contribution in [-0.2, 0) is 11.2 Å². The molecule has 0 spiro atoms. The van der Waals surface area contributed by atoms with Crippen molar-refractivity contribution in [3.05, 3.63) is 71.6 Å². The van der Waals surface area contributed by atoms with Gasteiger partial charge in [-0.15, -0.1) is 0 Å². The van der Waals surface area contributed by atoms with Gasteiger partial charge in [-0.25, -0.2) is 0 Å². The molecule has 1 amide bonds. The first-order chi connectivity index (χ1) is 13.2. The van der Waals surface area contributed by atoms with Gasteiger partial charge in [0.25, 0.3) is 0 Å². The predicted molar refractivity (Wildman–Crippen MR) is 108 cm³/mol. The van der Waals surface area contributed by atoms with Gasteiger partial charge >= 0.3 is 0 Å². The molecular formula is C23H27N3O. The third-order valence-corrected chi connectivity index (χ3v) is 5.95. The van der Waals surface area contributed by atoms with Crippen molar-refractivity contribution in [3.8, 4) is 0 Å². The molecule has 4 nitrogen and oxygen atoms in total. The number of hydrogen-bond acceptors (Lipinski definition) is 3. The summed E-state index contributed by atoms with van der Waals surface area (Å²) in [6.45, 7) is 4.35. The Bertz CT molecular complexity index is 792. The first-order valence-corrected chi connectivity index (χ1v) is 9.87. The maximum atomic E-state index is 12.6. The van der Waals surface area contributed by atoms with Crippen LogP contribution in [0.1, 0.15) is 29.5 Å². The number of piperidine rings is 3. The maximum Gasteiger partial charge on any atom is 0.244 e. The summed E-state index contributed by atoms with van der Waals surface area (Å²) >= 11 is 0. The highest BCUT2D eigenvalue weighted by Gasteiger charge is 2.42. The monoisotopic (exact) mass is 361 g/mol. The molecule has 2 aromatic rings. The molecule has 2 unspecified atom stereocenters. The second kappa shape index (κ2) is 8.05. The van der Waals surface area contributed by atoms with Crippen molar-refractivity contribution < 1.29 is 4.79 Å². The third kappa shape index (κ3) is 4.28. The van der Waals surface area contributed by atoms with Crippen molar-refractivity contribution >= 4 is 12.0 Å². The normalized spacial score (nSPS) is 27.0. The molecule has 2 bridgehead atoms. The number of pyridine rings is 1. The zero-order valence-corrected chi connectivity index (χ0v) is 15.8. The molecule has 3 saturated heterocycles. The molecule has 27 heavy (non-hydrogen) atoms. The fraction of sp³-hybridized carbons (Fsp3) is 0.391. The average molecular weight is 361 g/mol. The van der Waals surface area contributed by atoms with E-state index in [1.807, 2.05) is 36.7 Å². The fourth-order valence-corrected chi connectivity index (χ4v) is 4.44. The Morgan fingerprint density at radius 1 is 1.22 bits per heavy atom. The number of aryl methyl sites for hydroxylation is 1. The zero-order chi connectivity index (χ0) is 18.6. The van der Waals surface area contributed by atoms with E-state index in [-0.39, 0.29) is 11.9 Å². The molecule has 0 saturated carbocycles. The highest BCUT2D eigenvalue weighted by molar-refractivity contribution is 5.92. The van der Waals surface area contributed by atoms with Crippen molar-refractivity contribution in [2.45, 2.75) is 38.3 Å². The zero-order valence-electron chi connectivity index (χ0n) is 15.8. The lowest BCUT2D eigenvalue weighted by atomic mass is 9.77. The lowest BCUT2D eigenvalue weighted by molar-refractivity contribution is -0.119. The maximum absolute atomic E-state index is 12.6.